The van der Waals surface area contributed by atoms with E-state index in [2.05, 4.69) is 88.0 Å². The first-order valence-corrected chi connectivity index (χ1v) is 27.3. The number of fused-ring (bicyclic) bond motifs is 10. The first-order chi connectivity index (χ1) is 36.7. The minimum absolute atomic E-state index is 0.0665. The molecule has 5 heterocycles. The zero-order valence-electron chi connectivity index (χ0n) is 42.9. The molecule has 1 aromatic heterocycles. The van der Waals surface area contributed by atoms with Crippen LogP contribution in [-0.4, -0.2) is 76.5 Å². The van der Waals surface area contributed by atoms with Crippen LogP contribution in [0.15, 0.2) is 127 Å². The van der Waals surface area contributed by atoms with E-state index in [1.165, 1.54) is 16.7 Å². The van der Waals surface area contributed by atoms with Crippen LogP contribution >= 0.6 is 0 Å². The second-order valence-electron chi connectivity index (χ2n) is 22.0. The van der Waals surface area contributed by atoms with Gasteiger partial charge in [-0.3, -0.25) is 5.32 Å². The van der Waals surface area contributed by atoms with E-state index in [9.17, 15) is 20.4 Å². The average Bonchev–Trinajstić information content (AvgIpc) is 3.85. The third-order valence-corrected chi connectivity index (χ3v) is 17.3. The molecule has 12 rings (SSSR count). The van der Waals surface area contributed by atoms with Crippen molar-refractivity contribution in [2.75, 3.05) is 27.1 Å². The topological polar surface area (TPSA) is 147 Å². The standard InChI is InChI=1S/C64H69N3O8/c1-72-39-65-62-33-45-18-14-40(12-13-41-16-21-58(70)46(26-41)27-43-7-4-8-50(68)28-43)6-5-9-52-34-51(69)20-15-42-17-22-59(71)61(29-42)75-37-48-31-49(30-47-35-67(36-54(47)48)63(66-62)55(45)38-74-52)64-24-25-73-60-23-19-44(32-57(60)64)53-10-2-3-11-56(53)64/h2-4,7-8,10-11,16-17,21-22,26,28-31,33,35-36,40,44,51-52,57,60,62,65-66,68-71H,5-6,9,12-13,15,19-20,23-25,27,32,34,37-39H2,1H3/t40-,44-,51+,52-,57-,60+,62?,64+/m0/s1. The van der Waals surface area contributed by atoms with Gasteiger partial charge in [0.05, 0.1) is 31.6 Å². The normalized spacial score (nSPS) is 26.4. The molecule has 1 saturated heterocycles. The van der Waals surface area contributed by atoms with Crippen molar-refractivity contribution in [1.82, 2.24) is 15.2 Å². The van der Waals surface area contributed by atoms with Gasteiger partial charge in [-0.1, -0.05) is 72.5 Å². The Balaban J connectivity index is 0.965. The van der Waals surface area contributed by atoms with E-state index >= 15 is 0 Å². The number of aliphatic hydroxyl groups excluding tert-OH is 1. The summed E-state index contributed by atoms with van der Waals surface area (Å²) in [4.78, 5) is 0. The number of aliphatic hydroxyl groups is 1. The van der Waals surface area contributed by atoms with E-state index in [1.54, 1.807) is 31.4 Å². The summed E-state index contributed by atoms with van der Waals surface area (Å²) in [5.74, 6) is 10.2. The van der Waals surface area contributed by atoms with Crippen LogP contribution in [0.5, 0.6) is 23.0 Å². The number of rotatable bonds is 9. The highest BCUT2D eigenvalue weighted by atomic mass is 16.5. The lowest BCUT2D eigenvalue weighted by Crippen LogP contribution is -2.54. The number of methoxy groups -OCH3 is 1. The minimum atomic E-state index is -0.612. The molecule has 8 atom stereocenters. The highest BCUT2D eigenvalue weighted by Crippen LogP contribution is 2.60. The second kappa shape index (κ2) is 21.2. The van der Waals surface area contributed by atoms with E-state index in [-0.39, 0.29) is 53.6 Å². The maximum absolute atomic E-state index is 11.7. The Labute approximate surface area is 440 Å². The lowest BCUT2D eigenvalue weighted by atomic mass is 9.51. The Bertz CT molecular complexity index is 3220. The fourth-order valence-electron chi connectivity index (χ4n) is 13.5. The molecule has 2 fully saturated rings. The average molecular weight is 1010 g/mol. The molecule has 4 aliphatic heterocycles. The van der Waals surface area contributed by atoms with Crippen molar-refractivity contribution in [3.8, 4) is 34.8 Å². The fourth-order valence-corrected chi connectivity index (χ4v) is 13.5. The number of nitrogens with zero attached hydrogens (tertiary/aromatic N) is 1. The smallest absolute Gasteiger partial charge is 0.161 e. The van der Waals surface area contributed by atoms with Crippen molar-refractivity contribution in [2.45, 2.75) is 126 Å². The Morgan fingerprint density at radius 2 is 1.76 bits per heavy atom. The summed E-state index contributed by atoms with van der Waals surface area (Å²) < 4.78 is 28.1. The van der Waals surface area contributed by atoms with E-state index in [1.807, 2.05) is 30.3 Å². The maximum atomic E-state index is 11.7. The van der Waals surface area contributed by atoms with Crippen molar-refractivity contribution in [3.05, 3.63) is 171 Å². The second-order valence-corrected chi connectivity index (χ2v) is 22.0. The number of hydrogen-bond acceptors (Lipinski definition) is 10. The third-order valence-electron chi connectivity index (χ3n) is 17.3. The molecular formula is C64H69N3O8. The Morgan fingerprint density at radius 1 is 0.853 bits per heavy atom. The van der Waals surface area contributed by atoms with Crippen molar-refractivity contribution in [1.29, 1.82) is 0 Å². The molecule has 0 radical (unpaired) electrons. The molecular weight excluding hydrogens is 939 g/mol. The molecule has 75 heavy (non-hydrogen) atoms. The monoisotopic (exact) mass is 1010 g/mol. The zero-order chi connectivity index (χ0) is 51.0. The molecule has 8 bridgehead atoms. The highest BCUT2D eigenvalue weighted by Gasteiger charge is 2.55. The summed E-state index contributed by atoms with van der Waals surface area (Å²) in [7, 11) is 1.68. The quantitative estimate of drug-likeness (QED) is 0.0611. The van der Waals surface area contributed by atoms with Crippen molar-refractivity contribution in [3.63, 3.8) is 0 Å². The molecule has 0 amide bonds. The molecule has 5 aromatic carbocycles. The van der Waals surface area contributed by atoms with Crippen LogP contribution < -0.4 is 15.4 Å². The van der Waals surface area contributed by atoms with Crippen LogP contribution in [0, 0.1) is 23.7 Å². The summed E-state index contributed by atoms with van der Waals surface area (Å²) in [6.07, 6.45) is 16.1. The summed E-state index contributed by atoms with van der Waals surface area (Å²) >= 11 is 0. The van der Waals surface area contributed by atoms with Crippen LogP contribution in [0.4, 0.5) is 0 Å². The molecule has 1 unspecified atom stereocenters. The van der Waals surface area contributed by atoms with E-state index in [0.29, 0.717) is 63.2 Å². The van der Waals surface area contributed by atoms with Crippen LogP contribution in [-0.2, 0) is 45.5 Å². The maximum Gasteiger partial charge on any atom is 0.161 e. The largest absolute Gasteiger partial charge is 0.508 e. The number of aromatic nitrogens is 1. The number of aromatic hydroxyl groups is 3. The van der Waals surface area contributed by atoms with Crippen LogP contribution in [0.2, 0.25) is 0 Å². The summed E-state index contributed by atoms with van der Waals surface area (Å²) in [6.45, 7) is 1.55. The predicted octanol–water partition coefficient (Wildman–Crippen LogP) is 10.6. The first-order valence-electron chi connectivity index (χ1n) is 27.3. The van der Waals surface area contributed by atoms with Crippen LogP contribution in [0.1, 0.15) is 115 Å². The number of phenolic OH excluding ortho intramolecular Hbond substituents is 3. The Kier molecular flexibility index (Phi) is 14.0. The molecule has 388 valence electrons. The van der Waals surface area contributed by atoms with E-state index in [4.69, 9.17) is 18.9 Å². The number of benzene rings is 5. The fraction of sp³-hybridized carbons (Fsp3) is 0.406. The van der Waals surface area contributed by atoms with Gasteiger partial charge in [-0.15, -0.1) is 0 Å². The molecule has 2 aliphatic carbocycles. The molecule has 6 aromatic rings. The van der Waals surface area contributed by atoms with Gasteiger partial charge in [-0.05, 0) is 176 Å². The summed E-state index contributed by atoms with van der Waals surface area (Å²) in [6, 6.07) is 32.6. The van der Waals surface area contributed by atoms with Gasteiger partial charge in [0.1, 0.15) is 30.1 Å². The number of nitrogens with one attached hydrogen (secondary N) is 2. The van der Waals surface area contributed by atoms with Gasteiger partial charge in [-0.2, -0.15) is 0 Å². The molecule has 11 heteroatoms. The highest BCUT2D eigenvalue weighted by molar-refractivity contribution is 5.89. The van der Waals surface area contributed by atoms with Gasteiger partial charge in [0.15, 0.2) is 11.5 Å². The van der Waals surface area contributed by atoms with E-state index in [0.717, 1.165) is 113 Å². The Hall–Kier alpha value is -6.52. The zero-order valence-corrected chi connectivity index (χ0v) is 42.9. The first kappa shape index (κ1) is 49.4. The van der Waals surface area contributed by atoms with Gasteiger partial charge >= 0.3 is 0 Å². The summed E-state index contributed by atoms with van der Waals surface area (Å²) in [5.41, 5.74) is 10.7. The predicted molar refractivity (Wildman–Crippen MR) is 290 cm³/mol. The number of aryl methyl sites for hydroxylation is 2. The number of dihydropyridines is 1. The van der Waals surface area contributed by atoms with Gasteiger partial charge < -0.3 is 49.3 Å². The molecule has 11 nitrogen and oxygen atoms in total. The van der Waals surface area contributed by atoms with Gasteiger partial charge in [-0.25, -0.2) is 0 Å². The van der Waals surface area contributed by atoms with Crippen LogP contribution in [0.25, 0.3) is 16.6 Å². The van der Waals surface area contributed by atoms with Gasteiger partial charge in [0.2, 0.25) is 0 Å². The van der Waals surface area contributed by atoms with E-state index < -0.39 is 6.10 Å². The third kappa shape index (κ3) is 10.1. The van der Waals surface area contributed by atoms with Gasteiger partial charge in [0.25, 0.3) is 0 Å². The molecule has 6 N–H and O–H groups in total. The number of ether oxygens (including phenoxy) is 4. The number of phenols is 3. The lowest BCUT2D eigenvalue weighted by Gasteiger charge is -2.56. The SMILES string of the molecule is COCNC1C=C2C#C[C@H](CCc3ccc(O)c(Cc4cccc(O)c4)c3)CCC[C@H]3C[C@H](O)CCc4ccc(O)c(c4)OCc4cc([C@@]56CCO[C@@H]7CC[C@@H](C[C@@H]75)c5ccccc56)cc5cn(cc45)C(=C2CO3)N1. The number of hydrogen-bond donors (Lipinski definition) is 6. The minimum Gasteiger partial charge on any atom is -0.508 e. The van der Waals surface area contributed by atoms with Crippen molar-refractivity contribution < 1.29 is 39.4 Å². The molecule has 0 spiro atoms. The van der Waals surface area contributed by atoms with Crippen molar-refractivity contribution >= 4 is 16.6 Å². The molecule has 6 aliphatic rings. The van der Waals surface area contributed by atoms with Crippen LogP contribution in [0.3, 0.4) is 0 Å². The molecule has 1 saturated carbocycles. The lowest BCUT2D eigenvalue weighted by molar-refractivity contribution is -0.0894. The Morgan fingerprint density at radius 3 is 2.67 bits per heavy atom. The van der Waals surface area contributed by atoms with Crippen molar-refractivity contribution in [2.24, 2.45) is 11.8 Å². The summed E-state index contributed by atoms with van der Waals surface area (Å²) in [5, 5.41) is 53.5. The van der Waals surface area contributed by atoms with Gasteiger partial charge in [0, 0.05) is 65.8 Å².